The van der Waals surface area contributed by atoms with Gasteiger partial charge in [0.05, 0.1) is 11.3 Å². The molecule has 0 amide bonds. The van der Waals surface area contributed by atoms with E-state index in [1.807, 2.05) is 0 Å². The number of rotatable bonds is 3. The highest BCUT2D eigenvalue weighted by Crippen LogP contribution is 2.26. The molecule has 0 heterocycles. The molecular weight excluding hydrogens is 261 g/mol. The Labute approximate surface area is 105 Å². The van der Waals surface area contributed by atoms with Gasteiger partial charge in [-0.3, -0.25) is 10.2 Å². The van der Waals surface area contributed by atoms with Gasteiger partial charge in [0, 0.05) is 0 Å². The third kappa shape index (κ3) is 3.54. The highest BCUT2D eigenvalue weighted by Gasteiger charge is 2.40. The van der Waals surface area contributed by atoms with Crippen molar-refractivity contribution in [1.82, 2.24) is 0 Å². The van der Waals surface area contributed by atoms with E-state index in [0.29, 0.717) is 0 Å². The fourth-order valence-corrected chi connectivity index (χ4v) is 1.12. The SMILES string of the molecule is N#CC(C#N)=NNc1ccccc1C(=O)C(F)(F)F. The maximum Gasteiger partial charge on any atom is 0.454 e. The predicted molar refractivity (Wildman–Crippen MR) is 59.1 cm³/mol. The van der Waals surface area contributed by atoms with E-state index in [2.05, 4.69) is 10.5 Å². The second kappa shape index (κ2) is 5.65. The second-order valence-electron chi connectivity index (χ2n) is 3.17. The Kier molecular flexibility index (Phi) is 4.22. The minimum atomic E-state index is -5.02. The Morgan fingerprint density at radius 1 is 1.21 bits per heavy atom. The van der Waals surface area contributed by atoms with Crippen LogP contribution in [0.1, 0.15) is 10.4 Å². The Morgan fingerprint density at radius 2 is 1.79 bits per heavy atom. The Hall–Kier alpha value is -2.87. The van der Waals surface area contributed by atoms with E-state index in [9.17, 15) is 18.0 Å². The number of carbonyl (C=O) groups is 1. The van der Waals surface area contributed by atoms with Crippen molar-refractivity contribution < 1.29 is 18.0 Å². The van der Waals surface area contributed by atoms with Crippen molar-refractivity contribution in [2.75, 3.05) is 5.43 Å². The number of nitrogens with zero attached hydrogens (tertiary/aromatic N) is 3. The summed E-state index contributed by atoms with van der Waals surface area (Å²) in [4.78, 5) is 11.1. The van der Waals surface area contributed by atoms with Crippen molar-refractivity contribution in [3.8, 4) is 12.1 Å². The number of halogens is 3. The summed E-state index contributed by atoms with van der Waals surface area (Å²) >= 11 is 0. The van der Waals surface area contributed by atoms with Crippen LogP contribution in [0.15, 0.2) is 29.4 Å². The van der Waals surface area contributed by atoms with Gasteiger partial charge in [0.1, 0.15) is 12.1 Å². The molecule has 0 radical (unpaired) electrons. The normalized spacial score (nSPS) is 9.95. The molecule has 0 atom stereocenters. The first kappa shape index (κ1) is 14.2. The zero-order valence-electron chi connectivity index (χ0n) is 9.19. The van der Waals surface area contributed by atoms with E-state index in [4.69, 9.17) is 10.5 Å². The molecule has 0 bridgehead atoms. The molecule has 0 aliphatic carbocycles. The van der Waals surface area contributed by atoms with E-state index >= 15 is 0 Å². The molecule has 96 valence electrons. The number of anilines is 1. The fraction of sp³-hybridized carbons (Fsp3) is 0.0909. The van der Waals surface area contributed by atoms with Gasteiger partial charge in [-0.1, -0.05) is 12.1 Å². The Balaban J connectivity index is 3.12. The summed E-state index contributed by atoms with van der Waals surface area (Å²) < 4.78 is 37.0. The van der Waals surface area contributed by atoms with Gasteiger partial charge in [-0.15, -0.1) is 0 Å². The first-order chi connectivity index (χ1) is 8.90. The van der Waals surface area contributed by atoms with Crippen molar-refractivity contribution in [3.05, 3.63) is 29.8 Å². The molecule has 1 aromatic carbocycles. The van der Waals surface area contributed by atoms with Crippen molar-refractivity contribution in [2.45, 2.75) is 6.18 Å². The van der Waals surface area contributed by atoms with Gasteiger partial charge in [-0.2, -0.15) is 28.8 Å². The molecule has 0 spiro atoms. The topological polar surface area (TPSA) is 89.0 Å². The van der Waals surface area contributed by atoms with Gasteiger partial charge in [-0.05, 0) is 12.1 Å². The summed E-state index contributed by atoms with van der Waals surface area (Å²) in [5.41, 5.74) is 0.628. The van der Waals surface area contributed by atoms with E-state index in [1.165, 1.54) is 30.3 Å². The van der Waals surface area contributed by atoms with Crippen LogP contribution in [-0.2, 0) is 0 Å². The third-order valence-corrected chi connectivity index (χ3v) is 1.93. The molecule has 19 heavy (non-hydrogen) atoms. The second-order valence-corrected chi connectivity index (χ2v) is 3.17. The lowest BCUT2D eigenvalue weighted by molar-refractivity contribution is -0.0884. The number of carbonyl (C=O) groups excluding carboxylic acids is 1. The van der Waals surface area contributed by atoms with Crippen LogP contribution in [0.2, 0.25) is 0 Å². The van der Waals surface area contributed by atoms with E-state index < -0.39 is 23.2 Å². The average Bonchev–Trinajstić information content (AvgIpc) is 2.38. The minimum Gasteiger partial charge on any atom is -0.284 e. The summed E-state index contributed by atoms with van der Waals surface area (Å²) in [6, 6.07) is 7.61. The van der Waals surface area contributed by atoms with Crippen molar-refractivity contribution in [1.29, 1.82) is 10.5 Å². The fourth-order valence-electron chi connectivity index (χ4n) is 1.12. The largest absolute Gasteiger partial charge is 0.454 e. The van der Waals surface area contributed by atoms with E-state index in [1.54, 1.807) is 0 Å². The van der Waals surface area contributed by atoms with E-state index in [-0.39, 0.29) is 5.69 Å². The van der Waals surface area contributed by atoms with Gasteiger partial charge < -0.3 is 0 Å². The van der Waals surface area contributed by atoms with Crippen LogP contribution in [0, 0.1) is 22.7 Å². The van der Waals surface area contributed by atoms with Gasteiger partial charge in [-0.25, -0.2) is 0 Å². The number of nitriles is 2. The molecule has 8 heteroatoms. The number of nitrogens with one attached hydrogen (secondary N) is 1. The standard InChI is InChI=1S/C11H5F3N4O/c12-11(13,14)10(19)8-3-1-2-4-9(8)18-17-7(5-15)6-16/h1-4,18H. The number of alkyl halides is 3. The van der Waals surface area contributed by atoms with Crippen LogP contribution in [0.25, 0.3) is 0 Å². The molecular formula is C11H5F3N4O. The van der Waals surface area contributed by atoms with Crippen LogP contribution >= 0.6 is 0 Å². The number of hydrogen-bond donors (Lipinski definition) is 1. The lowest BCUT2D eigenvalue weighted by atomic mass is 10.1. The summed E-state index contributed by atoms with van der Waals surface area (Å²) in [5, 5.41) is 20.1. The molecule has 1 rings (SSSR count). The molecule has 0 aliphatic rings. The number of hydrogen-bond acceptors (Lipinski definition) is 5. The maximum absolute atomic E-state index is 12.3. The number of hydrazone groups is 1. The third-order valence-electron chi connectivity index (χ3n) is 1.93. The Morgan fingerprint density at radius 3 is 2.32 bits per heavy atom. The zero-order chi connectivity index (χ0) is 14.5. The van der Waals surface area contributed by atoms with Gasteiger partial charge >= 0.3 is 6.18 Å². The summed E-state index contributed by atoms with van der Waals surface area (Å²) in [6.07, 6.45) is -5.02. The lowest BCUT2D eigenvalue weighted by Crippen LogP contribution is -2.23. The van der Waals surface area contributed by atoms with Gasteiger partial charge in [0.15, 0.2) is 0 Å². The van der Waals surface area contributed by atoms with Gasteiger partial charge in [0.2, 0.25) is 5.71 Å². The first-order valence-corrected chi connectivity index (χ1v) is 4.74. The number of para-hydroxylation sites is 1. The molecule has 1 N–H and O–H groups in total. The van der Waals surface area contributed by atoms with Crippen LogP contribution < -0.4 is 5.43 Å². The van der Waals surface area contributed by atoms with Crippen LogP contribution in [-0.4, -0.2) is 17.7 Å². The molecule has 0 fully saturated rings. The Bertz CT molecular complexity index is 592. The van der Waals surface area contributed by atoms with Crippen LogP contribution in [0.5, 0.6) is 0 Å². The molecule has 0 saturated heterocycles. The zero-order valence-corrected chi connectivity index (χ0v) is 9.19. The van der Waals surface area contributed by atoms with E-state index in [0.717, 1.165) is 6.07 Å². The highest BCUT2D eigenvalue weighted by atomic mass is 19.4. The van der Waals surface area contributed by atoms with Crippen LogP contribution in [0.3, 0.4) is 0 Å². The van der Waals surface area contributed by atoms with Crippen LogP contribution in [0.4, 0.5) is 18.9 Å². The highest BCUT2D eigenvalue weighted by molar-refractivity contribution is 6.10. The van der Waals surface area contributed by atoms with Crippen molar-refractivity contribution in [3.63, 3.8) is 0 Å². The molecule has 0 saturated carbocycles. The maximum atomic E-state index is 12.3. The monoisotopic (exact) mass is 266 g/mol. The minimum absolute atomic E-state index is 0.243. The smallest absolute Gasteiger partial charge is 0.284 e. The molecule has 1 aromatic rings. The molecule has 0 unspecified atom stereocenters. The molecule has 0 aliphatic heterocycles. The summed E-state index contributed by atoms with van der Waals surface area (Å²) in [7, 11) is 0. The first-order valence-electron chi connectivity index (χ1n) is 4.74. The summed E-state index contributed by atoms with van der Waals surface area (Å²) in [6.45, 7) is 0. The quantitative estimate of drug-likeness (QED) is 0.516. The van der Waals surface area contributed by atoms with Crippen molar-refractivity contribution >= 4 is 17.2 Å². The molecule has 5 nitrogen and oxygen atoms in total. The molecule has 0 aromatic heterocycles. The number of Topliss-reactive ketones (excluding diaryl/α,β-unsaturated/α-hetero) is 1. The number of benzene rings is 1. The van der Waals surface area contributed by atoms with Crippen molar-refractivity contribution in [2.24, 2.45) is 5.10 Å². The average molecular weight is 266 g/mol. The lowest BCUT2D eigenvalue weighted by Gasteiger charge is -2.09. The number of ketones is 1. The predicted octanol–water partition coefficient (Wildman–Crippen LogP) is 2.25. The summed E-state index contributed by atoms with van der Waals surface area (Å²) in [5.74, 6) is -2.04. The van der Waals surface area contributed by atoms with Gasteiger partial charge in [0.25, 0.3) is 5.78 Å².